The van der Waals surface area contributed by atoms with Gasteiger partial charge in [-0.2, -0.15) is 8.78 Å². The maximum absolute atomic E-state index is 13.8. The van der Waals surface area contributed by atoms with Gasteiger partial charge in [0.1, 0.15) is 5.78 Å². The van der Waals surface area contributed by atoms with Crippen molar-refractivity contribution in [1.29, 1.82) is 0 Å². The molecule has 1 aliphatic carbocycles. The minimum Gasteiger partial charge on any atom is -0.481 e. The smallest absolute Gasteiger partial charge is 0.305 e. The molecule has 5 nitrogen and oxygen atoms in total. The number of alkyl halides is 2. The highest BCUT2D eigenvalue weighted by Crippen LogP contribution is 2.36. The maximum Gasteiger partial charge on any atom is 0.305 e. The summed E-state index contributed by atoms with van der Waals surface area (Å²) in [5.41, 5.74) is 0. The van der Waals surface area contributed by atoms with Gasteiger partial charge in [0.05, 0.1) is 6.10 Å². The topological polar surface area (TPSA) is 91.7 Å². The molecule has 166 valence electrons. The number of hydrogen-bond donors (Lipinski definition) is 2. The predicted octanol–water partition coefficient (Wildman–Crippen LogP) is 4.71. The van der Waals surface area contributed by atoms with Crippen molar-refractivity contribution in [2.75, 3.05) is 0 Å². The van der Waals surface area contributed by atoms with Gasteiger partial charge >= 0.3 is 11.9 Å². The van der Waals surface area contributed by atoms with Crippen LogP contribution in [-0.4, -0.2) is 39.8 Å². The largest absolute Gasteiger partial charge is 0.481 e. The minimum absolute atomic E-state index is 0.0127. The molecule has 0 spiro atoms. The summed E-state index contributed by atoms with van der Waals surface area (Å²) in [6.45, 7) is 1.79. The number of carbonyl (C=O) groups is 3. The van der Waals surface area contributed by atoms with Gasteiger partial charge in [0.2, 0.25) is 5.78 Å². The molecule has 0 aliphatic heterocycles. The molecule has 3 atom stereocenters. The van der Waals surface area contributed by atoms with Gasteiger partial charge in [0.25, 0.3) is 0 Å². The van der Waals surface area contributed by atoms with Crippen LogP contribution in [0.2, 0.25) is 0 Å². The highest BCUT2D eigenvalue weighted by molar-refractivity contribution is 5.86. The summed E-state index contributed by atoms with van der Waals surface area (Å²) in [6.07, 6.45) is 6.79. The summed E-state index contributed by atoms with van der Waals surface area (Å²) in [7, 11) is 0. The number of rotatable bonds is 15. The van der Waals surface area contributed by atoms with Crippen LogP contribution < -0.4 is 0 Å². The molecule has 2 N–H and O–H groups in total. The fourth-order valence-corrected chi connectivity index (χ4v) is 3.81. The minimum atomic E-state index is -3.33. The number of aliphatic carboxylic acids is 1. The fourth-order valence-electron chi connectivity index (χ4n) is 3.81. The second-order valence-corrected chi connectivity index (χ2v) is 7.98. The summed E-state index contributed by atoms with van der Waals surface area (Å²) >= 11 is 0. The Labute approximate surface area is 171 Å². The third-order valence-electron chi connectivity index (χ3n) is 5.61. The number of halogens is 2. The first kappa shape index (κ1) is 25.4. The third-order valence-corrected chi connectivity index (χ3v) is 5.61. The first-order valence-electron chi connectivity index (χ1n) is 10.7. The number of carboxylic acid groups (broad SMARTS) is 1. The molecule has 0 amide bonds. The number of Topliss-reactive ketones (excluding diaryl/α,β-unsaturated/α-hetero) is 2. The van der Waals surface area contributed by atoms with Gasteiger partial charge in [0.15, 0.2) is 0 Å². The molecule has 0 aromatic carbocycles. The van der Waals surface area contributed by atoms with Crippen LogP contribution in [0.15, 0.2) is 12.2 Å². The predicted molar refractivity (Wildman–Crippen MR) is 106 cm³/mol. The number of ketones is 2. The first-order valence-corrected chi connectivity index (χ1v) is 10.7. The molecule has 1 saturated carbocycles. The SMILES string of the molecule is CCCCC(F)(F)C(=O)CCC1C(O)CC(=O)C1C/C=C/CCCCCC(=O)O. The molecule has 1 fully saturated rings. The van der Waals surface area contributed by atoms with E-state index in [-0.39, 0.29) is 37.9 Å². The monoisotopic (exact) mass is 416 g/mol. The Morgan fingerprint density at radius 2 is 1.86 bits per heavy atom. The molecular weight excluding hydrogens is 382 g/mol. The van der Waals surface area contributed by atoms with Crippen molar-refractivity contribution in [2.24, 2.45) is 11.8 Å². The lowest BCUT2D eigenvalue weighted by Crippen LogP contribution is -2.30. The molecule has 0 bridgehead atoms. The average Bonchev–Trinajstić information content (AvgIpc) is 2.92. The van der Waals surface area contributed by atoms with Crippen LogP contribution in [0.3, 0.4) is 0 Å². The summed E-state index contributed by atoms with van der Waals surface area (Å²) in [4.78, 5) is 34.5. The van der Waals surface area contributed by atoms with Gasteiger partial charge in [-0.15, -0.1) is 0 Å². The molecule has 3 unspecified atom stereocenters. The van der Waals surface area contributed by atoms with E-state index in [0.717, 1.165) is 19.3 Å². The molecule has 1 aliphatic rings. The average molecular weight is 417 g/mol. The lowest BCUT2D eigenvalue weighted by Gasteiger charge is -2.21. The molecule has 0 heterocycles. The number of carboxylic acids is 1. The Morgan fingerprint density at radius 3 is 2.52 bits per heavy atom. The van der Waals surface area contributed by atoms with Crippen LogP contribution in [0.5, 0.6) is 0 Å². The van der Waals surface area contributed by atoms with Crippen molar-refractivity contribution in [1.82, 2.24) is 0 Å². The van der Waals surface area contributed by atoms with E-state index in [1.807, 2.05) is 12.2 Å². The van der Waals surface area contributed by atoms with Crippen molar-refractivity contribution in [2.45, 2.75) is 96.0 Å². The van der Waals surface area contributed by atoms with Crippen molar-refractivity contribution < 1.29 is 33.4 Å². The van der Waals surface area contributed by atoms with E-state index in [9.17, 15) is 28.3 Å². The number of allylic oxidation sites excluding steroid dienone is 2. The zero-order chi connectivity index (χ0) is 21.9. The molecule has 29 heavy (non-hydrogen) atoms. The van der Waals surface area contributed by atoms with Crippen LogP contribution in [0.4, 0.5) is 8.78 Å². The van der Waals surface area contributed by atoms with Gasteiger partial charge in [0, 0.05) is 31.6 Å². The maximum atomic E-state index is 13.8. The van der Waals surface area contributed by atoms with Gasteiger partial charge in [-0.1, -0.05) is 31.9 Å². The van der Waals surface area contributed by atoms with E-state index >= 15 is 0 Å². The van der Waals surface area contributed by atoms with Crippen LogP contribution in [0, 0.1) is 11.8 Å². The number of carbonyl (C=O) groups excluding carboxylic acids is 2. The van der Waals surface area contributed by atoms with Crippen molar-refractivity contribution in [3.05, 3.63) is 12.2 Å². The summed E-state index contributed by atoms with van der Waals surface area (Å²) in [5.74, 6) is -6.23. The van der Waals surface area contributed by atoms with Gasteiger partial charge in [-0.05, 0) is 44.4 Å². The van der Waals surface area contributed by atoms with E-state index in [2.05, 4.69) is 0 Å². The summed E-state index contributed by atoms with van der Waals surface area (Å²) < 4.78 is 27.7. The molecule has 7 heteroatoms. The Balaban J connectivity index is 2.44. The van der Waals surface area contributed by atoms with E-state index in [0.29, 0.717) is 19.3 Å². The van der Waals surface area contributed by atoms with Crippen molar-refractivity contribution in [3.8, 4) is 0 Å². The molecule has 0 saturated heterocycles. The number of hydrogen-bond acceptors (Lipinski definition) is 4. The second kappa shape index (κ2) is 12.8. The number of aliphatic hydroxyl groups is 1. The first-order chi connectivity index (χ1) is 13.7. The van der Waals surface area contributed by atoms with E-state index in [1.54, 1.807) is 6.92 Å². The summed E-state index contributed by atoms with van der Waals surface area (Å²) in [6, 6.07) is 0. The van der Waals surface area contributed by atoms with Crippen LogP contribution in [0.1, 0.15) is 84.0 Å². The van der Waals surface area contributed by atoms with E-state index in [1.165, 1.54) is 0 Å². The van der Waals surface area contributed by atoms with Crippen LogP contribution in [0.25, 0.3) is 0 Å². The third kappa shape index (κ3) is 9.15. The Kier molecular flexibility index (Phi) is 11.2. The lowest BCUT2D eigenvalue weighted by molar-refractivity contribution is -0.144. The Morgan fingerprint density at radius 1 is 1.14 bits per heavy atom. The Bertz CT molecular complexity index is 574. The summed E-state index contributed by atoms with van der Waals surface area (Å²) in [5, 5.41) is 18.7. The van der Waals surface area contributed by atoms with Crippen LogP contribution in [-0.2, 0) is 14.4 Å². The van der Waals surface area contributed by atoms with Gasteiger partial charge in [-0.25, -0.2) is 0 Å². The molecule has 0 aromatic rings. The number of unbranched alkanes of at least 4 members (excludes halogenated alkanes) is 4. The van der Waals surface area contributed by atoms with Crippen molar-refractivity contribution in [3.63, 3.8) is 0 Å². The van der Waals surface area contributed by atoms with E-state index < -0.39 is 42.0 Å². The standard InChI is InChI=1S/C22H34F2O5/c1-2-3-14-22(23,24)20(27)13-12-17-16(18(25)15-19(17)26)10-8-6-4-5-7-9-11-21(28)29/h6,8,16-17,19,26H,2-5,7,9-15H2,1H3,(H,28,29)/b8-6+. The van der Waals surface area contributed by atoms with Gasteiger partial charge in [-0.3, -0.25) is 14.4 Å². The molecular formula is C22H34F2O5. The molecule has 1 rings (SSSR count). The zero-order valence-corrected chi connectivity index (χ0v) is 17.2. The van der Waals surface area contributed by atoms with Crippen molar-refractivity contribution >= 4 is 17.5 Å². The zero-order valence-electron chi connectivity index (χ0n) is 17.2. The molecule has 0 aromatic heterocycles. The normalized spacial score (nSPS) is 22.5. The lowest BCUT2D eigenvalue weighted by atomic mass is 9.86. The fraction of sp³-hybridized carbons (Fsp3) is 0.773. The molecule has 0 radical (unpaired) electrons. The highest BCUT2D eigenvalue weighted by atomic mass is 19.3. The van der Waals surface area contributed by atoms with E-state index in [4.69, 9.17) is 5.11 Å². The Hall–Kier alpha value is -1.63. The number of aliphatic hydroxyl groups excluding tert-OH is 1. The second-order valence-electron chi connectivity index (χ2n) is 7.98. The van der Waals surface area contributed by atoms with Gasteiger partial charge < -0.3 is 10.2 Å². The van der Waals surface area contributed by atoms with Crippen LogP contribution >= 0.6 is 0 Å². The quantitative estimate of drug-likeness (QED) is 0.298. The highest BCUT2D eigenvalue weighted by Gasteiger charge is 2.43.